The second kappa shape index (κ2) is 5.90. The summed E-state index contributed by atoms with van der Waals surface area (Å²) >= 11 is 5.54. The molecule has 116 valence electrons. The van der Waals surface area contributed by atoms with Crippen LogP contribution in [-0.4, -0.2) is 37.4 Å². The van der Waals surface area contributed by atoms with Crippen LogP contribution >= 0.6 is 11.6 Å². The largest absolute Gasteiger partial charge is 0.478 e. The highest BCUT2D eigenvalue weighted by Gasteiger charge is 2.28. The third-order valence-electron chi connectivity index (χ3n) is 3.68. The molecule has 1 aromatic carbocycles. The Morgan fingerprint density at radius 1 is 1.48 bits per heavy atom. The number of benzene rings is 1. The topological polar surface area (TPSA) is 74.7 Å². The molecule has 0 heterocycles. The van der Waals surface area contributed by atoms with Gasteiger partial charge in [0, 0.05) is 13.6 Å². The number of aromatic carboxylic acids is 1. The van der Waals surface area contributed by atoms with Crippen LogP contribution in [0.5, 0.6) is 0 Å². The van der Waals surface area contributed by atoms with Crippen molar-refractivity contribution in [3.05, 3.63) is 28.5 Å². The first-order valence-electron chi connectivity index (χ1n) is 6.42. The van der Waals surface area contributed by atoms with Crippen LogP contribution in [0.25, 0.3) is 0 Å². The van der Waals surface area contributed by atoms with E-state index >= 15 is 0 Å². The number of nitrogens with zero attached hydrogens (tertiary/aromatic N) is 1. The Morgan fingerprint density at radius 2 is 2.10 bits per heavy atom. The van der Waals surface area contributed by atoms with Gasteiger partial charge in [0.25, 0.3) is 0 Å². The maximum Gasteiger partial charge on any atom is 0.337 e. The van der Waals surface area contributed by atoms with E-state index in [4.69, 9.17) is 16.7 Å². The van der Waals surface area contributed by atoms with Crippen LogP contribution in [0.15, 0.2) is 17.0 Å². The van der Waals surface area contributed by atoms with Gasteiger partial charge >= 0.3 is 5.97 Å². The van der Waals surface area contributed by atoms with Crippen LogP contribution < -0.4 is 0 Å². The lowest BCUT2D eigenvalue weighted by atomic mass is 9.86. The summed E-state index contributed by atoms with van der Waals surface area (Å²) in [4.78, 5) is 10.6. The van der Waals surface area contributed by atoms with Crippen LogP contribution in [0.4, 0.5) is 4.39 Å². The van der Waals surface area contributed by atoms with Gasteiger partial charge in [0.1, 0.15) is 5.82 Å². The number of hydrogen-bond acceptors (Lipinski definition) is 3. The van der Waals surface area contributed by atoms with Gasteiger partial charge in [0.2, 0.25) is 10.0 Å². The van der Waals surface area contributed by atoms with Gasteiger partial charge in [0.05, 0.1) is 15.5 Å². The molecular weight excluding hydrogens is 321 g/mol. The van der Waals surface area contributed by atoms with Crippen LogP contribution in [-0.2, 0) is 10.0 Å². The van der Waals surface area contributed by atoms with Crippen molar-refractivity contribution in [3.63, 3.8) is 0 Å². The van der Waals surface area contributed by atoms with Gasteiger partial charge in [-0.1, -0.05) is 18.0 Å². The lowest BCUT2D eigenvalue weighted by Crippen LogP contribution is -2.34. The van der Waals surface area contributed by atoms with Gasteiger partial charge in [-0.05, 0) is 30.9 Å². The molecule has 1 aliphatic rings. The molecule has 1 N–H and O–H groups in total. The molecule has 0 radical (unpaired) electrons. The average molecular weight is 336 g/mol. The summed E-state index contributed by atoms with van der Waals surface area (Å²) in [6, 6.07) is 1.64. The molecule has 1 aliphatic carbocycles. The van der Waals surface area contributed by atoms with Crippen molar-refractivity contribution in [1.29, 1.82) is 0 Å². The van der Waals surface area contributed by atoms with Crippen LogP contribution in [0.1, 0.15) is 29.6 Å². The molecule has 0 atom stereocenters. The van der Waals surface area contributed by atoms with Crippen molar-refractivity contribution in [2.45, 2.75) is 24.2 Å². The van der Waals surface area contributed by atoms with Gasteiger partial charge in [0.15, 0.2) is 0 Å². The molecule has 1 saturated carbocycles. The Balaban J connectivity index is 2.37. The number of sulfonamides is 1. The predicted octanol–water partition coefficient (Wildman–Crippen LogP) is 2.60. The average Bonchev–Trinajstić information content (AvgIpc) is 2.35. The maximum absolute atomic E-state index is 13.7. The van der Waals surface area contributed by atoms with Gasteiger partial charge in [-0.3, -0.25) is 0 Å². The Kier molecular flexibility index (Phi) is 4.55. The number of carboxylic acid groups (broad SMARTS) is 1. The van der Waals surface area contributed by atoms with E-state index in [-0.39, 0.29) is 0 Å². The van der Waals surface area contributed by atoms with E-state index < -0.39 is 37.3 Å². The van der Waals surface area contributed by atoms with E-state index in [1.165, 1.54) is 7.05 Å². The SMILES string of the molecule is CN(CC1CCC1)S(=O)(=O)c1cc(F)c(Cl)c(C(=O)O)c1. The number of carbonyl (C=O) groups is 1. The van der Waals surface area contributed by atoms with E-state index in [1.54, 1.807) is 0 Å². The molecule has 0 saturated heterocycles. The van der Waals surface area contributed by atoms with Gasteiger partial charge in [-0.2, -0.15) is 0 Å². The fraction of sp³-hybridized carbons (Fsp3) is 0.462. The molecule has 0 bridgehead atoms. The fourth-order valence-electron chi connectivity index (χ4n) is 2.19. The molecule has 1 fully saturated rings. The quantitative estimate of drug-likeness (QED) is 0.897. The highest BCUT2D eigenvalue weighted by molar-refractivity contribution is 7.89. The molecule has 0 aliphatic heterocycles. The third-order valence-corrected chi connectivity index (χ3v) is 5.87. The zero-order chi connectivity index (χ0) is 15.8. The predicted molar refractivity (Wildman–Crippen MR) is 75.5 cm³/mol. The first kappa shape index (κ1) is 16.2. The summed E-state index contributed by atoms with van der Waals surface area (Å²) in [5.74, 6) is -2.23. The minimum Gasteiger partial charge on any atom is -0.478 e. The van der Waals surface area contributed by atoms with Crippen LogP contribution in [0.2, 0.25) is 5.02 Å². The monoisotopic (exact) mass is 335 g/mol. The minimum atomic E-state index is -3.93. The van der Waals surface area contributed by atoms with Crippen molar-refractivity contribution in [3.8, 4) is 0 Å². The van der Waals surface area contributed by atoms with Crippen molar-refractivity contribution in [2.75, 3.05) is 13.6 Å². The molecule has 5 nitrogen and oxygen atoms in total. The Hall–Kier alpha value is -1.18. The van der Waals surface area contributed by atoms with E-state index in [9.17, 15) is 17.6 Å². The third kappa shape index (κ3) is 3.20. The van der Waals surface area contributed by atoms with E-state index in [0.29, 0.717) is 12.5 Å². The molecule has 0 amide bonds. The molecule has 1 aromatic rings. The van der Waals surface area contributed by atoms with Crippen LogP contribution in [0, 0.1) is 11.7 Å². The highest BCUT2D eigenvalue weighted by atomic mass is 35.5. The normalized spacial score (nSPS) is 16.0. The number of halogens is 2. The summed E-state index contributed by atoms with van der Waals surface area (Å²) in [6.45, 7) is 0.342. The summed E-state index contributed by atoms with van der Waals surface area (Å²) in [5, 5.41) is 8.36. The van der Waals surface area contributed by atoms with Crippen molar-refractivity contribution >= 4 is 27.6 Å². The summed E-state index contributed by atoms with van der Waals surface area (Å²) in [5.41, 5.74) is -0.563. The number of carboxylic acids is 1. The van der Waals surface area contributed by atoms with E-state index in [0.717, 1.165) is 35.7 Å². The minimum absolute atomic E-state index is 0.306. The van der Waals surface area contributed by atoms with Crippen molar-refractivity contribution in [1.82, 2.24) is 4.31 Å². The smallest absolute Gasteiger partial charge is 0.337 e. The summed E-state index contributed by atoms with van der Waals surface area (Å²) in [6.07, 6.45) is 3.02. The second-order valence-corrected chi connectivity index (χ2v) is 7.58. The molecule has 0 aromatic heterocycles. The standard InChI is InChI=1S/C13H15ClFNO4S/c1-16(7-8-3-2-4-8)21(19,20)9-5-10(13(17)18)12(14)11(15)6-9/h5-6,8H,2-4,7H2,1H3,(H,17,18). The lowest BCUT2D eigenvalue weighted by molar-refractivity contribution is 0.0696. The zero-order valence-electron chi connectivity index (χ0n) is 11.3. The molecule has 0 spiro atoms. The van der Waals surface area contributed by atoms with E-state index in [1.807, 2.05) is 0 Å². The first-order chi connectivity index (χ1) is 9.73. The maximum atomic E-state index is 13.7. The number of hydrogen-bond donors (Lipinski definition) is 1. The van der Waals surface area contributed by atoms with Crippen LogP contribution in [0.3, 0.4) is 0 Å². The van der Waals surface area contributed by atoms with Gasteiger partial charge in [-0.15, -0.1) is 0 Å². The molecule has 0 unspecified atom stereocenters. The summed E-state index contributed by atoms with van der Waals surface area (Å²) in [7, 11) is -2.53. The second-order valence-electron chi connectivity index (χ2n) is 5.15. The lowest BCUT2D eigenvalue weighted by Gasteiger charge is -2.29. The fourth-order valence-corrected chi connectivity index (χ4v) is 3.66. The highest BCUT2D eigenvalue weighted by Crippen LogP contribution is 2.30. The Bertz CT molecular complexity index is 673. The molecule has 21 heavy (non-hydrogen) atoms. The van der Waals surface area contributed by atoms with Gasteiger partial charge in [-0.25, -0.2) is 21.9 Å². The van der Waals surface area contributed by atoms with Gasteiger partial charge < -0.3 is 5.11 Å². The zero-order valence-corrected chi connectivity index (χ0v) is 12.9. The molecule has 8 heteroatoms. The van der Waals surface area contributed by atoms with E-state index in [2.05, 4.69) is 0 Å². The van der Waals surface area contributed by atoms with Crippen molar-refractivity contribution < 1.29 is 22.7 Å². The first-order valence-corrected chi connectivity index (χ1v) is 8.24. The Morgan fingerprint density at radius 3 is 2.57 bits per heavy atom. The van der Waals surface area contributed by atoms with Crippen molar-refractivity contribution in [2.24, 2.45) is 5.92 Å². The molecular formula is C13H15ClFNO4S. The Labute approximate surface area is 127 Å². The molecule has 2 rings (SSSR count). The summed E-state index contributed by atoms with van der Waals surface area (Å²) < 4.78 is 39.5. The number of rotatable bonds is 5.